The van der Waals surface area contributed by atoms with Gasteiger partial charge in [0, 0.05) is 5.69 Å². The molecule has 0 saturated carbocycles. The van der Waals surface area contributed by atoms with Crippen LogP contribution < -0.4 is 14.8 Å². The van der Waals surface area contributed by atoms with Crippen LogP contribution >= 0.6 is 0 Å². The number of benzene rings is 2. The van der Waals surface area contributed by atoms with Gasteiger partial charge in [0.15, 0.2) is 17.6 Å². The van der Waals surface area contributed by atoms with E-state index in [1.54, 1.807) is 13.0 Å². The third-order valence-corrected chi connectivity index (χ3v) is 3.55. The summed E-state index contributed by atoms with van der Waals surface area (Å²) in [6.07, 6.45) is -0.629. The molecule has 2 rings (SSSR count). The minimum atomic E-state index is -0.629. The maximum atomic E-state index is 12.4. The van der Waals surface area contributed by atoms with Gasteiger partial charge in [-0.1, -0.05) is 30.3 Å². The molecule has 0 heterocycles. The zero-order valence-corrected chi connectivity index (χ0v) is 14.1. The summed E-state index contributed by atoms with van der Waals surface area (Å²) in [5.41, 5.74) is 2.89. The summed E-state index contributed by atoms with van der Waals surface area (Å²) < 4.78 is 11.3. The molecule has 0 unspecified atom stereocenters. The van der Waals surface area contributed by atoms with Crippen molar-refractivity contribution in [2.45, 2.75) is 33.8 Å². The van der Waals surface area contributed by atoms with Gasteiger partial charge in [-0.3, -0.25) is 4.79 Å². The van der Waals surface area contributed by atoms with Crippen molar-refractivity contribution in [2.75, 3.05) is 11.9 Å². The Kier molecular flexibility index (Phi) is 5.63. The Hall–Kier alpha value is -2.49. The number of rotatable bonds is 6. The number of hydrogen-bond donors (Lipinski definition) is 1. The number of amides is 1. The number of hydrogen-bond acceptors (Lipinski definition) is 3. The molecule has 2 aromatic carbocycles. The molecule has 4 heteroatoms. The lowest BCUT2D eigenvalue weighted by molar-refractivity contribution is -0.122. The van der Waals surface area contributed by atoms with Gasteiger partial charge in [-0.15, -0.1) is 0 Å². The van der Waals surface area contributed by atoms with E-state index in [1.807, 2.05) is 57.2 Å². The minimum Gasteiger partial charge on any atom is -0.490 e. The Morgan fingerprint density at radius 3 is 2.26 bits per heavy atom. The van der Waals surface area contributed by atoms with Gasteiger partial charge >= 0.3 is 0 Å². The van der Waals surface area contributed by atoms with E-state index in [2.05, 4.69) is 5.32 Å². The molecule has 0 aromatic heterocycles. The van der Waals surface area contributed by atoms with E-state index in [0.717, 1.165) is 16.8 Å². The summed E-state index contributed by atoms with van der Waals surface area (Å²) in [6, 6.07) is 13.3. The highest BCUT2D eigenvalue weighted by Crippen LogP contribution is 2.28. The molecule has 0 spiro atoms. The summed E-state index contributed by atoms with van der Waals surface area (Å²) >= 11 is 0. The number of anilines is 1. The third-order valence-electron chi connectivity index (χ3n) is 3.55. The first kappa shape index (κ1) is 16.9. The van der Waals surface area contributed by atoms with Crippen LogP contribution in [0.2, 0.25) is 0 Å². The maximum absolute atomic E-state index is 12.4. The van der Waals surface area contributed by atoms with Crippen molar-refractivity contribution in [3.63, 3.8) is 0 Å². The molecule has 1 atom stereocenters. The first-order valence-corrected chi connectivity index (χ1v) is 7.78. The topological polar surface area (TPSA) is 47.6 Å². The van der Waals surface area contributed by atoms with Crippen molar-refractivity contribution < 1.29 is 14.3 Å². The lowest BCUT2D eigenvalue weighted by atomic mass is 10.1. The van der Waals surface area contributed by atoms with Crippen LogP contribution in [0.3, 0.4) is 0 Å². The number of nitrogens with one attached hydrogen (secondary N) is 1. The molecule has 0 fully saturated rings. The second-order valence-electron chi connectivity index (χ2n) is 5.40. The molecule has 0 radical (unpaired) electrons. The first-order valence-electron chi connectivity index (χ1n) is 7.78. The van der Waals surface area contributed by atoms with Gasteiger partial charge in [0.1, 0.15) is 0 Å². The van der Waals surface area contributed by atoms with E-state index in [9.17, 15) is 4.79 Å². The number of aryl methyl sites for hydroxylation is 2. The normalized spacial score (nSPS) is 11.7. The largest absolute Gasteiger partial charge is 0.490 e. The van der Waals surface area contributed by atoms with Crippen molar-refractivity contribution in [3.8, 4) is 11.5 Å². The molecule has 2 aromatic rings. The van der Waals surface area contributed by atoms with Crippen LogP contribution in [0, 0.1) is 13.8 Å². The molecule has 0 bridgehead atoms. The number of carbonyl (C=O) groups is 1. The lowest BCUT2D eigenvalue weighted by Gasteiger charge is -2.18. The van der Waals surface area contributed by atoms with E-state index in [4.69, 9.17) is 9.47 Å². The summed E-state index contributed by atoms with van der Waals surface area (Å²) in [4.78, 5) is 12.4. The Labute approximate surface area is 137 Å². The molecule has 0 aliphatic rings. The highest BCUT2D eigenvalue weighted by atomic mass is 16.5. The fourth-order valence-corrected chi connectivity index (χ4v) is 2.30. The number of carbonyl (C=O) groups excluding carboxylic acids is 1. The lowest BCUT2D eigenvalue weighted by Crippen LogP contribution is -2.30. The monoisotopic (exact) mass is 313 g/mol. The molecule has 122 valence electrons. The van der Waals surface area contributed by atoms with Crippen molar-refractivity contribution >= 4 is 11.6 Å². The molecule has 23 heavy (non-hydrogen) atoms. The highest BCUT2D eigenvalue weighted by Gasteiger charge is 2.18. The molecule has 1 amide bonds. The van der Waals surface area contributed by atoms with E-state index in [-0.39, 0.29) is 5.91 Å². The SMILES string of the molecule is CCOc1ccccc1O[C@@H](C)C(=O)Nc1c(C)cccc1C. The molecular weight excluding hydrogens is 290 g/mol. The van der Waals surface area contributed by atoms with Crippen molar-refractivity contribution in [1.29, 1.82) is 0 Å². The Balaban J connectivity index is 2.09. The van der Waals surface area contributed by atoms with Gasteiger partial charge in [0.2, 0.25) is 0 Å². The van der Waals surface area contributed by atoms with Gasteiger partial charge in [-0.25, -0.2) is 0 Å². The second-order valence-corrected chi connectivity index (χ2v) is 5.40. The summed E-state index contributed by atoms with van der Waals surface area (Å²) in [5.74, 6) is 1.02. The number of ether oxygens (including phenoxy) is 2. The van der Waals surface area contributed by atoms with Crippen LogP contribution in [-0.2, 0) is 4.79 Å². The summed E-state index contributed by atoms with van der Waals surface area (Å²) in [5, 5.41) is 2.95. The second kappa shape index (κ2) is 7.68. The molecule has 0 aliphatic carbocycles. The van der Waals surface area contributed by atoms with E-state index >= 15 is 0 Å². The van der Waals surface area contributed by atoms with Crippen LogP contribution in [0.4, 0.5) is 5.69 Å². The zero-order valence-electron chi connectivity index (χ0n) is 14.1. The van der Waals surface area contributed by atoms with E-state index in [0.29, 0.717) is 18.1 Å². The van der Waals surface area contributed by atoms with Gasteiger partial charge in [-0.05, 0) is 51.0 Å². The van der Waals surface area contributed by atoms with E-state index < -0.39 is 6.10 Å². The van der Waals surface area contributed by atoms with Gasteiger partial charge in [0.05, 0.1) is 6.61 Å². The van der Waals surface area contributed by atoms with Crippen LogP contribution in [0.5, 0.6) is 11.5 Å². The van der Waals surface area contributed by atoms with Crippen molar-refractivity contribution in [2.24, 2.45) is 0 Å². The van der Waals surface area contributed by atoms with Gasteiger partial charge in [0.25, 0.3) is 5.91 Å². The molecule has 4 nitrogen and oxygen atoms in total. The molecule has 1 N–H and O–H groups in total. The Morgan fingerprint density at radius 2 is 1.65 bits per heavy atom. The van der Waals surface area contributed by atoms with Crippen molar-refractivity contribution in [1.82, 2.24) is 0 Å². The smallest absolute Gasteiger partial charge is 0.265 e. The standard InChI is InChI=1S/C19H23NO3/c1-5-22-16-11-6-7-12-17(16)23-15(4)19(21)20-18-13(2)9-8-10-14(18)3/h6-12,15H,5H2,1-4H3,(H,20,21)/t15-/m0/s1. The third kappa shape index (κ3) is 4.25. The van der Waals surface area contributed by atoms with Gasteiger partial charge < -0.3 is 14.8 Å². The summed E-state index contributed by atoms with van der Waals surface area (Å²) in [7, 11) is 0. The van der Waals surface area contributed by atoms with Crippen molar-refractivity contribution in [3.05, 3.63) is 53.6 Å². The molecule has 0 aliphatic heterocycles. The van der Waals surface area contributed by atoms with E-state index in [1.165, 1.54) is 0 Å². The fourth-order valence-electron chi connectivity index (χ4n) is 2.30. The van der Waals surface area contributed by atoms with Crippen LogP contribution in [0.1, 0.15) is 25.0 Å². The first-order chi connectivity index (χ1) is 11.0. The zero-order chi connectivity index (χ0) is 16.8. The molecular formula is C19H23NO3. The predicted octanol–water partition coefficient (Wildman–Crippen LogP) is 4.11. The quantitative estimate of drug-likeness (QED) is 0.873. The minimum absolute atomic E-state index is 0.186. The average Bonchev–Trinajstić information content (AvgIpc) is 2.53. The predicted molar refractivity (Wildman–Crippen MR) is 92.2 cm³/mol. The van der Waals surface area contributed by atoms with Crippen LogP contribution in [-0.4, -0.2) is 18.6 Å². The highest BCUT2D eigenvalue weighted by molar-refractivity contribution is 5.95. The molecule has 0 saturated heterocycles. The maximum Gasteiger partial charge on any atom is 0.265 e. The Morgan fingerprint density at radius 1 is 1.04 bits per heavy atom. The van der Waals surface area contributed by atoms with Crippen LogP contribution in [0.25, 0.3) is 0 Å². The van der Waals surface area contributed by atoms with Gasteiger partial charge in [-0.2, -0.15) is 0 Å². The average molecular weight is 313 g/mol. The summed E-state index contributed by atoms with van der Waals surface area (Å²) in [6.45, 7) is 8.12. The fraction of sp³-hybridized carbons (Fsp3) is 0.316. The Bertz CT molecular complexity index is 662. The number of para-hydroxylation sites is 3. The van der Waals surface area contributed by atoms with Crippen LogP contribution in [0.15, 0.2) is 42.5 Å².